The number of aliphatic carboxylic acids is 1. The summed E-state index contributed by atoms with van der Waals surface area (Å²) in [6, 6.07) is 8.39. The van der Waals surface area contributed by atoms with Gasteiger partial charge in [-0.1, -0.05) is 30.0 Å². The van der Waals surface area contributed by atoms with Gasteiger partial charge in [-0.3, -0.25) is 4.79 Å². The molecule has 1 N–H and O–H groups in total. The lowest BCUT2D eigenvalue weighted by Crippen LogP contribution is -2.12. The number of thioether (sulfide) groups is 2. The Balaban J connectivity index is 1.66. The molecule has 2 heterocycles. The van der Waals surface area contributed by atoms with Crippen LogP contribution in [0.15, 0.2) is 34.3 Å². The first-order valence-corrected chi connectivity index (χ1v) is 8.03. The lowest BCUT2D eigenvalue weighted by Gasteiger charge is -2.09. The molecule has 1 unspecified atom stereocenters. The van der Waals surface area contributed by atoms with Crippen molar-refractivity contribution in [1.29, 1.82) is 0 Å². The first-order valence-electron chi connectivity index (χ1n) is 6.06. The van der Waals surface area contributed by atoms with Crippen molar-refractivity contribution in [3.05, 3.63) is 29.8 Å². The Bertz CT molecular complexity index is 631. The lowest BCUT2D eigenvalue weighted by atomic mass is 10.0. The van der Waals surface area contributed by atoms with Crippen molar-refractivity contribution < 1.29 is 9.90 Å². The van der Waals surface area contributed by atoms with Crippen LogP contribution in [-0.4, -0.2) is 42.8 Å². The van der Waals surface area contributed by atoms with Gasteiger partial charge in [0.25, 0.3) is 0 Å². The van der Waals surface area contributed by atoms with Crippen LogP contribution in [-0.2, 0) is 11.3 Å². The van der Waals surface area contributed by atoms with Gasteiger partial charge in [0.1, 0.15) is 6.54 Å². The van der Waals surface area contributed by atoms with E-state index < -0.39 is 5.97 Å². The van der Waals surface area contributed by atoms with Crippen molar-refractivity contribution in [2.45, 2.75) is 22.5 Å². The van der Waals surface area contributed by atoms with Crippen molar-refractivity contribution >= 4 is 29.5 Å². The van der Waals surface area contributed by atoms with Crippen LogP contribution in [0.1, 0.15) is 11.5 Å². The topological polar surface area (TPSA) is 80.9 Å². The quantitative estimate of drug-likeness (QED) is 0.843. The predicted molar refractivity (Wildman–Crippen MR) is 76.1 cm³/mol. The molecule has 20 heavy (non-hydrogen) atoms. The van der Waals surface area contributed by atoms with Gasteiger partial charge in [0.15, 0.2) is 0 Å². The van der Waals surface area contributed by atoms with Crippen molar-refractivity contribution in [1.82, 2.24) is 20.2 Å². The van der Waals surface area contributed by atoms with E-state index in [1.807, 2.05) is 11.8 Å². The van der Waals surface area contributed by atoms with E-state index in [0.717, 1.165) is 11.5 Å². The number of benzene rings is 1. The summed E-state index contributed by atoms with van der Waals surface area (Å²) in [6.07, 6.45) is 0. The number of carboxylic acids is 1. The number of carboxylic acid groups (broad SMARTS) is 1. The highest BCUT2D eigenvalue weighted by Gasteiger charge is 2.23. The number of tetrazole rings is 1. The summed E-state index contributed by atoms with van der Waals surface area (Å²) >= 11 is 3.37. The van der Waals surface area contributed by atoms with Crippen LogP contribution in [0.4, 0.5) is 0 Å². The molecule has 0 radical (unpaired) electrons. The number of rotatable bonds is 5. The third-order valence-corrected chi connectivity index (χ3v) is 5.37. The molecule has 8 heteroatoms. The summed E-state index contributed by atoms with van der Waals surface area (Å²) in [4.78, 5) is 12.1. The van der Waals surface area contributed by atoms with Gasteiger partial charge in [-0.05, 0) is 22.1 Å². The second-order valence-electron chi connectivity index (χ2n) is 4.37. The molecule has 1 aliphatic rings. The summed E-state index contributed by atoms with van der Waals surface area (Å²) in [5, 5.41) is 20.5. The van der Waals surface area contributed by atoms with Gasteiger partial charge in [0, 0.05) is 22.3 Å². The van der Waals surface area contributed by atoms with Crippen LogP contribution in [0.5, 0.6) is 0 Å². The monoisotopic (exact) mass is 308 g/mol. The molecule has 104 valence electrons. The van der Waals surface area contributed by atoms with E-state index >= 15 is 0 Å². The van der Waals surface area contributed by atoms with Gasteiger partial charge in [-0.2, -0.15) is 0 Å². The molecular formula is C12H12N4O2S2. The molecule has 3 rings (SSSR count). The Morgan fingerprint density at radius 2 is 2.35 bits per heavy atom. The summed E-state index contributed by atoms with van der Waals surface area (Å²) in [5.74, 6) is 1.41. The van der Waals surface area contributed by atoms with Crippen molar-refractivity contribution in [3.63, 3.8) is 0 Å². The molecule has 0 saturated heterocycles. The maximum Gasteiger partial charge on any atom is 0.325 e. The molecular weight excluding hydrogens is 296 g/mol. The zero-order valence-corrected chi connectivity index (χ0v) is 12.1. The van der Waals surface area contributed by atoms with E-state index in [1.165, 1.54) is 26.9 Å². The van der Waals surface area contributed by atoms with Gasteiger partial charge in [-0.25, -0.2) is 4.68 Å². The Morgan fingerprint density at radius 3 is 3.20 bits per heavy atom. The van der Waals surface area contributed by atoms with Gasteiger partial charge < -0.3 is 5.11 Å². The van der Waals surface area contributed by atoms with Crippen molar-refractivity contribution in [3.8, 4) is 0 Å². The third kappa shape index (κ3) is 2.80. The maximum atomic E-state index is 10.7. The van der Waals surface area contributed by atoms with Gasteiger partial charge in [-0.15, -0.1) is 16.9 Å². The van der Waals surface area contributed by atoms with Crippen LogP contribution >= 0.6 is 23.5 Å². The molecule has 1 atom stereocenters. The van der Waals surface area contributed by atoms with Crippen LogP contribution in [0.25, 0.3) is 0 Å². The molecule has 1 aromatic heterocycles. The number of carbonyl (C=O) groups is 1. The first-order chi connectivity index (χ1) is 9.74. The fourth-order valence-electron chi connectivity index (χ4n) is 2.07. The van der Waals surface area contributed by atoms with Crippen LogP contribution in [0, 0.1) is 0 Å². The van der Waals surface area contributed by atoms with E-state index in [0.29, 0.717) is 11.1 Å². The normalized spacial score (nSPS) is 17.1. The summed E-state index contributed by atoms with van der Waals surface area (Å²) in [5.41, 5.74) is 1.36. The van der Waals surface area contributed by atoms with E-state index in [-0.39, 0.29) is 6.54 Å². The highest BCUT2D eigenvalue weighted by molar-refractivity contribution is 8.00. The van der Waals surface area contributed by atoms with Crippen LogP contribution in [0.3, 0.4) is 0 Å². The summed E-state index contributed by atoms with van der Waals surface area (Å²) < 4.78 is 1.32. The highest BCUT2D eigenvalue weighted by atomic mass is 32.2. The van der Waals surface area contributed by atoms with Gasteiger partial charge >= 0.3 is 5.97 Å². The van der Waals surface area contributed by atoms with Gasteiger partial charge in [0.05, 0.1) is 0 Å². The molecule has 1 aromatic carbocycles. The minimum absolute atomic E-state index is 0.203. The van der Waals surface area contributed by atoms with E-state index in [1.54, 1.807) is 0 Å². The standard InChI is InChI=1S/C12H12N4O2S2/c17-11(18)5-16-12(13-14-15-16)20-7-8-6-19-10-4-2-1-3-9(8)10/h1-4,8H,5-7H2,(H,17,18). The number of nitrogens with zero attached hydrogens (tertiary/aromatic N) is 4. The number of aromatic nitrogens is 4. The minimum atomic E-state index is -0.944. The highest BCUT2D eigenvalue weighted by Crippen LogP contribution is 2.41. The molecule has 2 aromatic rings. The molecule has 0 amide bonds. The van der Waals surface area contributed by atoms with Crippen molar-refractivity contribution in [2.75, 3.05) is 11.5 Å². The van der Waals surface area contributed by atoms with Crippen LogP contribution in [0.2, 0.25) is 0 Å². The minimum Gasteiger partial charge on any atom is -0.480 e. The first kappa shape index (κ1) is 13.4. The largest absolute Gasteiger partial charge is 0.480 e. The summed E-state index contributed by atoms with van der Waals surface area (Å²) in [6.45, 7) is -0.203. The SMILES string of the molecule is O=C(O)Cn1nnnc1SCC1CSc2ccccc21. The Morgan fingerprint density at radius 1 is 1.50 bits per heavy atom. The smallest absolute Gasteiger partial charge is 0.325 e. The average Bonchev–Trinajstić information content (AvgIpc) is 3.02. The fourth-order valence-corrected chi connectivity index (χ4v) is 4.47. The number of fused-ring (bicyclic) bond motifs is 1. The Kier molecular flexibility index (Phi) is 3.93. The number of hydrogen-bond acceptors (Lipinski definition) is 6. The Hall–Kier alpha value is -1.54. The predicted octanol–water partition coefficient (Wildman–Crippen LogP) is 1.74. The van der Waals surface area contributed by atoms with Crippen molar-refractivity contribution in [2.24, 2.45) is 0 Å². The molecule has 0 fully saturated rings. The second-order valence-corrected chi connectivity index (χ2v) is 6.42. The van der Waals surface area contributed by atoms with Gasteiger partial charge in [0.2, 0.25) is 5.16 Å². The van der Waals surface area contributed by atoms with E-state index in [9.17, 15) is 4.79 Å². The van der Waals surface area contributed by atoms with E-state index in [2.05, 4.69) is 39.8 Å². The molecule has 0 aliphatic carbocycles. The zero-order chi connectivity index (χ0) is 13.9. The molecule has 1 aliphatic heterocycles. The third-order valence-electron chi connectivity index (χ3n) is 3.00. The van der Waals surface area contributed by atoms with E-state index in [4.69, 9.17) is 5.11 Å². The molecule has 0 saturated carbocycles. The molecule has 0 spiro atoms. The maximum absolute atomic E-state index is 10.7. The number of hydrogen-bond donors (Lipinski definition) is 1. The second kappa shape index (κ2) is 5.84. The molecule has 0 bridgehead atoms. The average molecular weight is 308 g/mol. The Labute approximate surface area is 123 Å². The zero-order valence-electron chi connectivity index (χ0n) is 10.5. The van der Waals surface area contributed by atoms with Crippen LogP contribution < -0.4 is 0 Å². The lowest BCUT2D eigenvalue weighted by molar-refractivity contribution is -0.138. The fraction of sp³-hybridized carbons (Fsp3) is 0.333. The summed E-state index contributed by atoms with van der Waals surface area (Å²) in [7, 11) is 0. The molecule has 6 nitrogen and oxygen atoms in total.